The Labute approximate surface area is 188 Å². The third kappa shape index (κ3) is 5.31. The molecule has 0 radical (unpaired) electrons. The van der Waals surface area contributed by atoms with E-state index in [1.54, 1.807) is 30.3 Å². The van der Waals surface area contributed by atoms with Gasteiger partial charge in [0.15, 0.2) is 0 Å². The van der Waals surface area contributed by atoms with E-state index in [1.807, 2.05) is 30.3 Å². The second-order valence-electron chi connectivity index (χ2n) is 7.66. The predicted octanol–water partition coefficient (Wildman–Crippen LogP) is 5.98. The van der Waals surface area contributed by atoms with Gasteiger partial charge in [-0.1, -0.05) is 60.7 Å². The van der Waals surface area contributed by atoms with Gasteiger partial charge in [0.25, 0.3) is 5.91 Å². The van der Waals surface area contributed by atoms with Gasteiger partial charge in [0.05, 0.1) is 11.6 Å². The van der Waals surface area contributed by atoms with Crippen LogP contribution in [-0.2, 0) is 22.1 Å². The molecule has 3 aromatic rings. The monoisotopic (exact) mass is 451 g/mol. The molecule has 1 heterocycles. The van der Waals surface area contributed by atoms with Crippen LogP contribution in [0.25, 0.3) is 17.2 Å². The number of benzene rings is 3. The van der Waals surface area contributed by atoms with Crippen molar-refractivity contribution in [2.75, 3.05) is 6.61 Å². The van der Waals surface area contributed by atoms with Crippen molar-refractivity contribution in [1.29, 1.82) is 0 Å². The summed E-state index contributed by atoms with van der Waals surface area (Å²) < 4.78 is 43.5. The van der Waals surface area contributed by atoms with E-state index in [2.05, 4.69) is 0 Å². The van der Waals surface area contributed by atoms with Crippen LogP contribution in [0.4, 0.5) is 18.0 Å². The molecule has 4 rings (SSSR count). The van der Waals surface area contributed by atoms with E-state index in [4.69, 9.17) is 4.74 Å². The van der Waals surface area contributed by atoms with Crippen molar-refractivity contribution in [3.8, 4) is 11.1 Å². The van der Waals surface area contributed by atoms with Crippen LogP contribution >= 0.6 is 0 Å². The van der Waals surface area contributed by atoms with Gasteiger partial charge in [-0.05, 0) is 52.9 Å². The molecule has 1 aliphatic rings. The zero-order valence-corrected chi connectivity index (χ0v) is 17.5. The first-order chi connectivity index (χ1) is 15.8. The molecule has 1 saturated heterocycles. The lowest BCUT2D eigenvalue weighted by molar-refractivity contribution is -0.137. The van der Waals surface area contributed by atoms with Gasteiger partial charge >= 0.3 is 12.3 Å². The molecule has 7 heteroatoms. The molecule has 1 atom stereocenters. The van der Waals surface area contributed by atoms with E-state index >= 15 is 0 Å². The molecule has 0 aliphatic carbocycles. The minimum absolute atomic E-state index is 0.136. The van der Waals surface area contributed by atoms with Gasteiger partial charge in [0, 0.05) is 6.08 Å². The highest BCUT2D eigenvalue weighted by molar-refractivity contribution is 6.02. The number of cyclic esters (lactones) is 1. The van der Waals surface area contributed by atoms with Crippen molar-refractivity contribution in [2.24, 2.45) is 0 Å². The molecular formula is C26H20F3NO3. The van der Waals surface area contributed by atoms with Crippen LogP contribution in [0.2, 0.25) is 0 Å². The number of alkyl halides is 3. The molecule has 33 heavy (non-hydrogen) atoms. The average molecular weight is 451 g/mol. The van der Waals surface area contributed by atoms with Crippen molar-refractivity contribution in [1.82, 2.24) is 4.90 Å². The smallest absolute Gasteiger partial charge is 0.417 e. The molecule has 0 spiro atoms. The van der Waals surface area contributed by atoms with Crippen molar-refractivity contribution in [3.05, 3.63) is 102 Å². The Bertz CT molecular complexity index is 1170. The standard InChI is InChI=1S/C26H20F3NO3/c27-26(28,29)22-12-10-20(11-13-22)21-8-4-7-19(15-21)9-14-24(31)30-23(17-33-25(30)32)16-18-5-2-1-3-6-18/h1-15,23H,16-17H2/b14-9+. The molecule has 4 nitrogen and oxygen atoms in total. The van der Waals surface area contributed by atoms with E-state index in [9.17, 15) is 22.8 Å². The molecule has 2 amide bonds. The first-order valence-electron chi connectivity index (χ1n) is 10.3. The van der Waals surface area contributed by atoms with Gasteiger partial charge in [-0.25, -0.2) is 9.69 Å². The second-order valence-corrected chi connectivity index (χ2v) is 7.66. The van der Waals surface area contributed by atoms with Gasteiger partial charge in [0.2, 0.25) is 0 Å². The summed E-state index contributed by atoms with van der Waals surface area (Å²) >= 11 is 0. The van der Waals surface area contributed by atoms with E-state index in [-0.39, 0.29) is 6.61 Å². The number of ether oxygens (including phenoxy) is 1. The maximum Gasteiger partial charge on any atom is 0.417 e. The molecule has 0 saturated carbocycles. The maximum atomic E-state index is 12.8. The summed E-state index contributed by atoms with van der Waals surface area (Å²) in [4.78, 5) is 26.0. The Hall–Kier alpha value is -3.87. The molecule has 1 fully saturated rings. The van der Waals surface area contributed by atoms with Gasteiger partial charge in [-0.15, -0.1) is 0 Å². The summed E-state index contributed by atoms with van der Waals surface area (Å²) in [6.45, 7) is 0.136. The highest BCUT2D eigenvalue weighted by Gasteiger charge is 2.36. The van der Waals surface area contributed by atoms with Crippen LogP contribution in [-0.4, -0.2) is 29.5 Å². The summed E-state index contributed by atoms with van der Waals surface area (Å²) in [6, 6.07) is 21.1. The van der Waals surface area contributed by atoms with Gasteiger partial charge in [-0.2, -0.15) is 13.2 Å². The molecule has 168 valence electrons. The van der Waals surface area contributed by atoms with Crippen LogP contribution in [0.1, 0.15) is 16.7 Å². The first-order valence-corrected chi connectivity index (χ1v) is 10.3. The number of hydrogen-bond donors (Lipinski definition) is 0. The average Bonchev–Trinajstić information content (AvgIpc) is 3.17. The normalized spacial score (nSPS) is 16.3. The van der Waals surface area contributed by atoms with Crippen molar-refractivity contribution in [2.45, 2.75) is 18.6 Å². The van der Waals surface area contributed by atoms with Gasteiger partial charge in [0.1, 0.15) is 6.61 Å². The summed E-state index contributed by atoms with van der Waals surface area (Å²) in [5.41, 5.74) is 2.28. The second kappa shape index (κ2) is 9.32. The van der Waals surface area contributed by atoms with Crippen molar-refractivity contribution >= 4 is 18.1 Å². The third-order valence-electron chi connectivity index (χ3n) is 5.36. The number of halogens is 3. The Morgan fingerprint density at radius 3 is 2.39 bits per heavy atom. The molecular weight excluding hydrogens is 431 g/mol. The molecule has 0 aromatic heterocycles. The summed E-state index contributed by atoms with van der Waals surface area (Å²) in [7, 11) is 0. The van der Waals surface area contributed by atoms with E-state index in [0.717, 1.165) is 22.6 Å². The fourth-order valence-electron chi connectivity index (χ4n) is 3.69. The van der Waals surface area contributed by atoms with Crippen LogP contribution in [0.3, 0.4) is 0 Å². The summed E-state index contributed by atoms with van der Waals surface area (Å²) in [6.07, 6.45) is -1.70. The number of amides is 2. The number of carbonyl (C=O) groups is 2. The molecule has 1 unspecified atom stereocenters. The highest BCUT2D eigenvalue weighted by atomic mass is 19.4. The van der Waals surface area contributed by atoms with Crippen molar-refractivity contribution < 1.29 is 27.5 Å². The molecule has 1 aliphatic heterocycles. The van der Waals surface area contributed by atoms with Gasteiger partial charge in [-0.3, -0.25) is 4.79 Å². The number of rotatable bonds is 5. The fourth-order valence-corrected chi connectivity index (χ4v) is 3.69. The minimum Gasteiger partial charge on any atom is -0.447 e. The van der Waals surface area contributed by atoms with Crippen molar-refractivity contribution in [3.63, 3.8) is 0 Å². The minimum atomic E-state index is -4.39. The quantitative estimate of drug-likeness (QED) is 0.449. The first kappa shape index (κ1) is 22.3. The van der Waals surface area contributed by atoms with Crippen LogP contribution in [0.15, 0.2) is 84.9 Å². The van der Waals surface area contributed by atoms with Crippen LogP contribution < -0.4 is 0 Å². The molecule has 0 N–H and O–H groups in total. The summed E-state index contributed by atoms with van der Waals surface area (Å²) in [5, 5.41) is 0. The Morgan fingerprint density at radius 2 is 1.70 bits per heavy atom. The zero-order chi connectivity index (χ0) is 23.4. The largest absolute Gasteiger partial charge is 0.447 e. The van der Waals surface area contributed by atoms with E-state index in [0.29, 0.717) is 23.1 Å². The SMILES string of the molecule is O=C(/C=C/c1cccc(-c2ccc(C(F)(F)F)cc2)c1)N1C(=O)OCC1Cc1ccccc1. The Balaban J connectivity index is 1.48. The number of imide groups is 1. The zero-order valence-electron chi connectivity index (χ0n) is 17.5. The summed E-state index contributed by atoms with van der Waals surface area (Å²) in [5.74, 6) is -0.488. The number of carbonyl (C=O) groups excluding carboxylic acids is 2. The number of nitrogens with zero attached hydrogens (tertiary/aromatic N) is 1. The highest BCUT2D eigenvalue weighted by Crippen LogP contribution is 2.31. The lowest BCUT2D eigenvalue weighted by atomic mass is 10.0. The van der Waals surface area contributed by atoms with Crippen LogP contribution in [0, 0.1) is 0 Å². The number of hydrogen-bond acceptors (Lipinski definition) is 3. The molecule has 0 bridgehead atoms. The fraction of sp³-hybridized carbons (Fsp3) is 0.154. The van der Waals surface area contributed by atoms with E-state index < -0.39 is 29.8 Å². The topological polar surface area (TPSA) is 46.6 Å². The Kier molecular flexibility index (Phi) is 6.31. The lowest BCUT2D eigenvalue weighted by Gasteiger charge is -2.18. The Morgan fingerprint density at radius 1 is 0.970 bits per heavy atom. The molecule has 3 aromatic carbocycles. The lowest BCUT2D eigenvalue weighted by Crippen LogP contribution is -2.39. The van der Waals surface area contributed by atoms with Gasteiger partial charge < -0.3 is 4.74 Å². The predicted molar refractivity (Wildman–Crippen MR) is 118 cm³/mol. The van der Waals surface area contributed by atoms with E-state index in [1.165, 1.54) is 18.2 Å². The van der Waals surface area contributed by atoms with Crippen LogP contribution in [0.5, 0.6) is 0 Å². The third-order valence-corrected chi connectivity index (χ3v) is 5.36. The maximum absolute atomic E-state index is 12.8.